The molecule has 98 valence electrons. The van der Waals surface area contributed by atoms with E-state index in [9.17, 15) is 4.79 Å². The second kappa shape index (κ2) is 5.83. The first-order valence-corrected chi connectivity index (χ1v) is 6.60. The molecule has 1 N–H and O–H groups in total. The molecule has 4 heteroatoms. The fourth-order valence-electron chi connectivity index (χ4n) is 3.37. The molecule has 0 amide bonds. The monoisotopic (exact) mass is 241 g/mol. The van der Waals surface area contributed by atoms with Gasteiger partial charge in [0.2, 0.25) is 0 Å². The van der Waals surface area contributed by atoms with Crippen LogP contribution in [0.1, 0.15) is 32.1 Å². The molecule has 0 aromatic carbocycles. The van der Waals surface area contributed by atoms with E-state index < -0.39 is 0 Å². The minimum absolute atomic E-state index is 0.0795. The van der Waals surface area contributed by atoms with Crippen molar-refractivity contribution in [3.05, 3.63) is 0 Å². The van der Waals surface area contributed by atoms with Gasteiger partial charge in [-0.15, -0.1) is 0 Å². The molecule has 1 unspecified atom stereocenters. The van der Waals surface area contributed by atoms with Gasteiger partial charge >= 0.3 is 5.97 Å². The molecule has 0 aromatic heterocycles. The van der Waals surface area contributed by atoms with Crippen LogP contribution in [-0.2, 0) is 14.3 Å². The van der Waals surface area contributed by atoms with Gasteiger partial charge in [0.15, 0.2) is 0 Å². The van der Waals surface area contributed by atoms with Crippen LogP contribution < -0.4 is 5.32 Å². The lowest BCUT2D eigenvalue weighted by Crippen LogP contribution is -2.40. The van der Waals surface area contributed by atoms with Gasteiger partial charge < -0.3 is 14.8 Å². The van der Waals surface area contributed by atoms with Crippen LogP contribution in [-0.4, -0.2) is 38.9 Å². The standard InChI is InChI=1S/C13H23NO3/c1-16-10-5-3-9(4-6-10)11-7-8-14-12(11)13(15)17-2/h9-12,14H,3-8H2,1-2H3/t9?,10?,11?,12-/m0/s1. The van der Waals surface area contributed by atoms with Crippen molar-refractivity contribution in [3.63, 3.8) is 0 Å². The average molecular weight is 241 g/mol. The summed E-state index contributed by atoms with van der Waals surface area (Å²) in [4.78, 5) is 11.7. The highest BCUT2D eigenvalue weighted by Gasteiger charge is 2.39. The van der Waals surface area contributed by atoms with E-state index in [2.05, 4.69) is 5.32 Å². The molecule has 1 saturated carbocycles. The summed E-state index contributed by atoms with van der Waals surface area (Å²) in [5.41, 5.74) is 0. The second-order valence-electron chi connectivity index (χ2n) is 5.18. The number of carbonyl (C=O) groups is 1. The van der Waals surface area contributed by atoms with Gasteiger partial charge in [-0.3, -0.25) is 4.79 Å². The third-order valence-corrected chi connectivity index (χ3v) is 4.38. The van der Waals surface area contributed by atoms with Crippen molar-refractivity contribution >= 4 is 5.97 Å². The maximum absolute atomic E-state index is 11.7. The Morgan fingerprint density at radius 3 is 2.41 bits per heavy atom. The summed E-state index contributed by atoms with van der Waals surface area (Å²) in [6, 6.07) is -0.0795. The zero-order valence-electron chi connectivity index (χ0n) is 10.8. The maximum atomic E-state index is 11.7. The third-order valence-electron chi connectivity index (χ3n) is 4.38. The van der Waals surface area contributed by atoms with E-state index in [1.54, 1.807) is 7.11 Å². The van der Waals surface area contributed by atoms with E-state index in [4.69, 9.17) is 9.47 Å². The lowest BCUT2D eigenvalue weighted by Gasteiger charge is -2.33. The summed E-state index contributed by atoms with van der Waals surface area (Å²) in [7, 11) is 3.26. The molecule has 1 saturated heterocycles. The molecule has 2 rings (SSSR count). The fraction of sp³-hybridized carbons (Fsp3) is 0.923. The van der Waals surface area contributed by atoms with Crippen LogP contribution in [0.4, 0.5) is 0 Å². The Labute approximate surface area is 103 Å². The van der Waals surface area contributed by atoms with Crippen molar-refractivity contribution in [2.45, 2.75) is 44.2 Å². The molecule has 17 heavy (non-hydrogen) atoms. The summed E-state index contributed by atoms with van der Waals surface area (Å²) in [5, 5.41) is 3.27. The number of methoxy groups -OCH3 is 2. The van der Waals surface area contributed by atoms with Crippen molar-refractivity contribution in [1.29, 1.82) is 0 Å². The molecule has 2 aliphatic rings. The topological polar surface area (TPSA) is 47.6 Å². The van der Waals surface area contributed by atoms with Crippen LogP contribution in [0.25, 0.3) is 0 Å². The Hall–Kier alpha value is -0.610. The van der Waals surface area contributed by atoms with E-state index in [0.717, 1.165) is 25.8 Å². The van der Waals surface area contributed by atoms with Crippen molar-refractivity contribution in [1.82, 2.24) is 5.32 Å². The highest BCUT2D eigenvalue weighted by molar-refractivity contribution is 5.76. The van der Waals surface area contributed by atoms with Gasteiger partial charge in [-0.05, 0) is 50.5 Å². The van der Waals surface area contributed by atoms with E-state index in [1.807, 2.05) is 0 Å². The zero-order chi connectivity index (χ0) is 12.3. The molecule has 2 atom stereocenters. The minimum Gasteiger partial charge on any atom is -0.468 e. The lowest BCUT2D eigenvalue weighted by molar-refractivity contribution is -0.144. The number of ether oxygens (including phenoxy) is 2. The smallest absolute Gasteiger partial charge is 0.323 e. The summed E-state index contributed by atoms with van der Waals surface area (Å²) >= 11 is 0. The van der Waals surface area contributed by atoms with E-state index >= 15 is 0 Å². The van der Waals surface area contributed by atoms with Gasteiger partial charge in [-0.1, -0.05) is 0 Å². The molecule has 1 aliphatic carbocycles. The molecule has 0 aromatic rings. The Balaban J connectivity index is 1.91. The summed E-state index contributed by atoms with van der Waals surface area (Å²) in [5.74, 6) is 1.02. The number of carbonyl (C=O) groups excluding carboxylic acids is 1. The zero-order valence-corrected chi connectivity index (χ0v) is 10.8. The lowest BCUT2D eigenvalue weighted by atomic mass is 9.76. The molecule has 0 radical (unpaired) electrons. The molecule has 1 aliphatic heterocycles. The molecule has 1 heterocycles. The van der Waals surface area contributed by atoms with Gasteiger partial charge in [0.1, 0.15) is 6.04 Å². The highest BCUT2D eigenvalue weighted by atomic mass is 16.5. The number of rotatable bonds is 3. The fourth-order valence-corrected chi connectivity index (χ4v) is 3.37. The summed E-state index contributed by atoms with van der Waals surface area (Å²) in [6.07, 6.45) is 6.15. The van der Waals surface area contributed by atoms with Crippen molar-refractivity contribution < 1.29 is 14.3 Å². The first kappa shape index (κ1) is 12.8. The Bertz CT molecular complexity index is 261. The largest absolute Gasteiger partial charge is 0.468 e. The third kappa shape index (κ3) is 2.80. The number of nitrogens with one attached hydrogen (secondary N) is 1. The molecule has 4 nitrogen and oxygen atoms in total. The predicted octanol–water partition coefficient (Wildman–Crippen LogP) is 1.34. The minimum atomic E-state index is -0.0960. The number of hydrogen-bond acceptors (Lipinski definition) is 4. The van der Waals surface area contributed by atoms with Gasteiger partial charge in [0.05, 0.1) is 13.2 Å². The Kier molecular flexibility index (Phi) is 4.40. The van der Waals surface area contributed by atoms with Gasteiger partial charge in [0.25, 0.3) is 0 Å². The normalized spacial score (nSPS) is 38.0. The molecule has 0 spiro atoms. The predicted molar refractivity (Wildman–Crippen MR) is 64.7 cm³/mol. The van der Waals surface area contributed by atoms with Crippen molar-refractivity contribution in [3.8, 4) is 0 Å². The molecular weight excluding hydrogens is 218 g/mol. The van der Waals surface area contributed by atoms with Crippen LogP contribution in [0.2, 0.25) is 0 Å². The quantitative estimate of drug-likeness (QED) is 0.758. The Morgan fingerprint density at radius 1 is 1.12 bits per heavy atom. The molecule has 2 fully saturated rings. The van der Waals surface area contributed by atoms with Gasteiger partial charge in [-0.25, -0.2) is 0 Å². The maximum Gasteiger partial charge on any atom is 0.323 e. The van der Waals surface area contributed by atoms with Gasteiger partial charge in [0, 0.05) is 7.11 Å². The van der Waals surface area contributed by atoms with Crippen LogP contribution in [0, 0.1) is 11.8 Å². The molecule has 0 bridgehead atoms. The second-order valence-corrected chi connectivity index (χ2v) is 5.18. The van der Waals surface area contributed by atoms with Crippen LogP contribution in [0.5, 0.6) is 0 Å². The molecular formula is C13H23NO3. The van der Waals surface area contributed by atoms with E-state index in [1.165, 1.54) is 20.0 Å². The van der Waals surface area contributed by atoms with E-state index in [-0.39, 0.29) is 12.0 Å². The van der Waals surface area contributed by atoms with Crippen LogP contribution >= 0.6 is 0 Å². The van der Waals surface area contributed by atoms with Crippen molar-refractivity contribution in [2.24, 2.45) is 11.8 Å². The van der Waals surface area contributed by atoms with Crippen LogP contribution in [0.15, 0.2) is 0 Å². The highest BCUT2D eigenvalue weighted by Crippen LogP contribution is 2.36. The SMILES string of the molecule is COC(=O)[C@H]1NCCC1C1CCC(OC)CC1. The first-order valence-electron chi connectivity index (χ1n) is 6.60. The summed E-state index contributed by atoms with van der Waals surface area (Å²) < 4.78 is 10.3. The van der Waals surface area contributed by atoms with Crippen LogP contribution in [0.3, 0.4) is 0 Å². The summed E-state index contributed by atoms with van der Waals surface area (Å²) in [6.45, 7) is 0.939. The van der Waals surface area contributed by atoms with E-state index in [0.29, 0.717) is 17.9 Å². The number of hydrogen-bond donors (Lipinski definition) is 1. The van der Waals surface area contributed by atoms with Crippen molar-refractivity contribution in [2.75, 3.05) is 20.8 Å². The van der Waals surface area contributed by atoms with Gasteiger partial charge in [-0.2, -0.15) is 0 Å². The Morgan fingerprint density at radius 2 is 1.82 bits per heavy atom. The average Bonchev–Trinajstić information content (AvgIpc) is 2.87. The first-order chi connectivity index (χ1) is 8.26. The number of esters is 1.